The van der Waals surface area contributed by atoms with E-state index in [1.165, 1.54) is 38.5 Å². The fourth-order valence-electron chi connectivity index (χ4n) is 6.12. The van der Waals surface area contributed by atoms with Gasteiger partial charge in [0, 0.05) is 18.5 Å². The maximum Gasteiger partial charge on any atom is 0.226 e. The molecule has 4 saturated carbocycles. The predicted octanol–water partition coefficient (Wildman–Crippen LogP) is 5.11. The average molecular weight is 434 g/mol. The van der Waals surface area contributed by atoms with Crippen molar-refractivity contribution in [3.05, 3.63) is 23.2 Å². The highest BCUT2D eigenvalue weighted by molar-refractivity contribution is 7.80. The zero-order valence-electron chi connectivity index (χ0n) is 16.7. The van der Waals surface area contributed by atoms with Crippen LogP contribution in [0.25, 0.3) is 0 Å². The molecule has 4 aliphatic rings. The Bertz CT molecular complexity index is 806. The van der Waals surface area contributed by atoms with Gasteiger partial charge in [-0.25, -0.2) is 0 Å². The van der Waals surface area contributed by atoms with Crippen molar-refractivity contribution >= 4 is 52.1 Å². The summed E-state index contributed by atoms with van der Waals surface area (Å²) in [7, 11) is 0. The Hall–Kier alpha value is -1.66. The largest absolute Gasteiger partial charge is 0.331 e. The number of nitrogens with one attached hydrogen (secondary N) is 3. The Kier molecular flexibility index (Phi) is 5.85. The zero-order chi connectivity index (χ0) is 20.6. The van der Waals surface area contributed by atoms with Gasteiger partial charge in [-0.3, -0.25) is 9.59 Å². The van der Waals surface area contributed by atoms with Crippen LogP contribution in [0.3, 0.4) is 0 Å². The first-order chi connectivity index (χ1) is 13.8. The molecule has 0 aliphatic heterocycles. The molecule has 0 radical (unpaired) electrons. The summed E-state index contributed by atoms with van der Waals surface area (Å²) in [6.07, 6.45) is 8.62. The van der Waals surface area contributed by atoms with Gasteiger partial charge in [-0.15, -0.1) is 0 Å². The molecule has 7 heteroatoms. The molecule has 29 heavy (non-hydrogen) atoms. The first-order valence-electron chi connectivity index (χ1n) is 10.5. The van der Waals surface area contributed by atoms with Gasteiger partial charge in [0.1, 0.15) is 0 Å². The molecule has 0 saturated heterocycles. The third-order valence-electron chi connectivity index (χ3n) is 6.77. The van der Waals surface area contributed by atoms with Crippen LogP contribution in [-0.4, -0.2) is 16.9 Å². The summed E-state index contributed by atoms with van der Waals surface area (Å²) in [4.78, 5) is 24.3. The van der Waals surface area contributed by atoms with E-state index in [-0.39, 0.29) is 22.3 Å². The molecule has 5 rings (SSSR count). The van der Waals surface area contributed by atoms with Crippen LogP contribution in [0.15, 0.2) is 18.2 Å². The first kappa shape index (κ1) is 20.6. The van der Waals surface area contributed by atoms with E-state index in [4.69, 9.17) is 23.8 Å². The van der Waals surface area contributed by atoms with Gasteiger partial charge in [-0.2, -0.15) is 0 Å². The molecule has 3 N–H and O–H groups in total. The summed E-state index contributed by atoms with van der Waals surface area (Å²) >= 11 is 11.6. The normalized spacial score (nSPS) is 29.4. The summed E-state index contributed by atoms with van der Waals surface area (Å²) in [5, 5.41) is 9.33. The highest BCUT2D eigenvalue weighted by Crippen LogP contribution is 2.61. The number of carbonyl (C=O) groups excluding carboxylic acids is 2. The molecule has 4 fully saturated rings. The molecule has 4 bridgehead atoms. The van der Waals surface area contributed by atoms with Crippen molar-refractivity contribution in [2.45, 2.75) is 58.3 Å². The number of benzene rings is 1. The smallest absolute Gasteiger partial charge is 0.226 e. The van der Waals surface area contributed by atoms with Crippen LogP contribution in [0.5, 0.6) is 0 Å². The third kappa shape index (κ3) is 4.75. The molecule has 0 atom stereocenters. The number of amides is 2. The minimum absolute atomic E-state index is 0.0176. The molecule has 5 nitrogen and oxygen atoms in total. The van der Waals surface area contributed by atoms with Crippen LogP contribution in [0.4, 0.5) is 11.4 Å². The quantitative estimate of drug-likeness (QED) is 0.564. The molecular formula is C22H28ClN3O2S. The van der Waals surface area contributed by atoms with E-state index in [2.05, 4.69) is 16.0 Å². The average Bonchev–Trinajstić information content (AvgIpc) is 2.62. The topological polar surface area (TPSA) is 70.2 Å². The van der Waals surface area contributed by atoms with Gasteiger partial charge < -0.3 is 16.0 Å². The van der Waals surface area contributed by atoms with Gasteiger partial charge in [-0.05, 0) is 92.1 Å². The molecular weight excluding hydrogens is 406 g/mol. The highest BCUT2D eigenvalue weighted by atomic mass is 35.5. The molecule has 156 valence electrons. The predicted molar refractivity (Wildman–Crippen MR) is 120 cm³/mol. The second-order valence-electron chi connectivity index (χ2n) is 9.19. The molecule has 1 aromatic carbocycles. The fraction of sp³-hybridized carbons (Fsp3) is 0.591. The van der Waals surface area contributed by atoms with Crippen LogP contribution in [0, 0.1) is 23.2 Å². The molecule has 0 aromatic heterocycles. The minimum atomic E-state index is -0.0790. The van der Waals surface area contributed by atoms with Crippen molar-refractivity contribution in [1.29, 1.82) is 0 Å². The maximum absolute atomic E-state index is 12.7. The highest BCUT2D eigenvalue weighted by Gasteiger charge is 2.51. The summed E-state index contributed by atoms with van der Waals surface area (Å²) in [5.41, 5.74) is 1.36. The van der Waals surface area contributed by atoms with Crippen molar-refractivity contribution in [2.24, 2.45) is 23.2 Å². The molecule has 0 spiro atoms. The van der Waals surface area contributed by atoms with Crippen molar-refractivity contribution < 1.29 is 9.59 Å². The molecule has 0 unspecified atom stereocenters. The van der Waals surface area contributed by atoms with E-state index in [0.29, 0.717) is 29.2 Å². The Morgan fingerprint density at radius 2 is 1.69 bits per heavy atom. The number of carbonyl (C=O) groups is 2. The number of hydrogen-bond donors (Lipinski definition) is 3. The van der Waals surface area contributed by atoms with Crippen molar-refractivity contribution in [2.75, 3.05) is 10.6 Å². The lowest BCUT2D eigenvalue weighted by atomic mass is 9.49. The Morgan fingerprint density at radius 1 is 1.07 bits per heavy atom. The SMILES string of the molecule is CCC(=O)Nc1ccc(Cl)c(NC(=S)NC(=O)CC23CC4CC(CC(C4)C2)C3)c1. The summed E-state index contributed by atoms with van der Waals surface area (Å²) < 4.78 is 0. The van der Waals surface area contributed by atoms with E-state index in [0.717, 1.165) is 17.8 Å². The first-order valence-corrected chi connectivity index (χ1v) is 11.3. The van der Waals surface area contributed by atoms with Gasteiger partial charge in [0.2, 0.25) is 11.8 Å². The lowest BCUT2D eigenvalue weighted by Crippen LogP contribution is -2.48. The number of rotatable bonds is 5. The molecule has 1 aromatic rings. The van der Waals surface area contributed by atoms with Crippen LogP contribution in [0.2, 0.25) is 5.02 Å². The van der Waals surface area contributed by atoms with E-state index in [9.17, 15) is 9.59 Å². The Morgan fingerprint density at radius 3 is 2.28 bits per heavy atom. The Labute approximate surface area is 182 Å². The lowest BCUT2D eigenvalue weighted by molar-refractivity contribution is -0.128. The van der Waals surface area contributed by atoms with E-state index < -0.39 is 0 Å². The summed E-state index contributed by atoms with van der Waals surface area (Å²) in [5.74, 6) is 2.36. The number of anilines is 2. The maximum atomic E-state index is 12.7. The number of thiocarbonyl (C=S) groups is 1. The van der Waals surface area contributed by atoms with E-state index in [1.807, 2.05) is 0 Å². The van der Waals surface area contributed by atoms with E-state index >= 15 is 0 Å². The van der Waals surface area contributed by atoms with Crippen LogP contribution in [-0.2, 0) is 9.59 Å². The standard InChI is InChI=1S/C22H28ClN3O2S/c1-2-19(27)24-16-3-4-17(23)18(8-16)25-21(29)26-20(28)12-22-9-13-5-14(10-22)7-15(6-13)11-22/h3-4,8,13-15H,2,5-7,9-12H2,1H3,(H,24,27)(H2,25,26,28,29). The second-order valence-corrected chi connectivity index (χ2v) is 10.0. The van der Waals surface area contributed by atoms with Gasteiger partial charge in [0.25, 0.3) is 0 Å². The van der Waals surface area contributed by atoms with Crippen LogP contribution < -0.4 is 16.0 Å². The molecule has 0 heterocycles. The van der Waals surface area contributed by atoms with Crippen molar-refractivity contribution in [3.8, 4) is 0 Å². The monoisotopic (exact) mass is 433 g/mol. The molecule has 4 aliphatic carbocycles. The second kappa shape index (κ2) is 8.23. The van der Waals surface area contributed by atoms with Crippen molar-refractivity contribution in [3.63, 3.8) is 0 Å². The van der Waals surface area contributed by atoms with E-state index in [1.54, 1.807) is 25.1 Å². The minimum Gasteiger partial charge on any atom is -0.331 e. The van der Waals surface area contributed by atoms with Gasteiger partial charge in [0.05, 0.1) is 10.7 Å². The van der Waals surface area contributed by atoms with Gasteiger partial charge >= 0.3 is 0 Å². The zero-order valence-corrected chi connectivity index (χ0v) is 18.3. The van der Waals surface area contributed by atoms with Gasteiger partial charge in [-0.1, -0.05) is 18.5 Å². The fourth-order valence-corrected chi connectivity index (χ4v) is 6.51. The van der Waals surface area contributed by atoms with Crippen LogP contribution in [0.1, 0.15) is 58.3 Å². The lowest BCUT2D eigenvalue weighted by Gasteiger charge is -2.56. The van der Waals surface area contributed by atoms with Crippen molar-refractivity contribution in [1.82, 2.24) is 5.32 Å². The number of halogens is 1. The van der Waals surface area contributed by atoms with Gasteiger partial charge in [0.15, 0.2) is 5.11 Å². The number of hydrogen-bond acceptors (Lipinski definition) is 3. The summed E-state index contributed by atoms with van der Waals surface area (Å²) in [6.45, 7) is 1.79. The molecule has 2 amide bonds. The third-order valence-corrected chi connectivity index (χ3v) is 7.31. The summed E-state index contributed by atoms with van der Waals surface area (Å²) in [6, 6.07) is 5.14. The van der Waals surface area contributed by atoms with Crippen LogP contribution >= 0.6 is 23.8 Å². The Balaban J connectivity index is 1.34.